The number of ether oxygens (including phenoxy) is 1. The first-order chi connectivity index (χ1) is 14.4. The molecular formula is C24H30N3O3+. The second-order valence-electron chi connectivity index (χ2n) is 7.18. The molecule has 6 nitrogen and oxygen atoms in total. The zero-order valence-corrected chi connectivity index (χ0v) is 18.4. The lowest BCUT2D eigenvalue weighted by Gasteiger charge is -2.23. The monoisotopic (exact) mass is 408 g/mol. The van der Waals surface area contributed by atoms with Crippen molar-refractivity contribution >= 4 is 28.6 Å². The van der Waals surface area contributed by atoms with E-state index in [0.29, 0.717) is 18.7 Å². The van der Waals surface area contributed by atoms with Gasteiger partial charge < -0.3 is 9.64 Å². The van der Waals surface area contributed by atoms with Crippen LogP contribution in [0.3, 0.4) is 0 Å². The molecule has 1 amide bonds. The highest BCUT2D eigenvalue weighted by Crippen LogP contribution is 2.25. The summed E-state index contributed by atoms with van der Waals surface area (Å²) < 4.78 is 9.35. The lowest BCUT2D eigenvalue weighted by atomic mass is 10.1. The second-order valence-corrected chi connectivity index (χ2v) is 7.18. The lowest BCUT2D eigenvalue weighted by molar-refractivity contribution is -0.675. The van der Waals surface area contributed by atoms with Crippen LogP contribution in [0.25, 0.3) is 11.0 Å². The summed E-state index contributed by atoms with van der Waals surface area (Å²) in [7, 11) is 0. The third-order valence-corrected chi connectivity index (χ3v) is 5.49. The van der Waals surface area contributed by atoms with E-state index in [2.05, 4.69) is 11.5 Å². The standard InChI is InChI=1S/C24H30N3O3/c1-6-25-18(5)27(22-16-19(14-15-21(22)25)24(29)30-8-3)17(4)23(28)26(7-2)20-12-10-9-11-13-20/h9-17H,6-8H2,1-5H3/q+1/t17-/m0/s1. The van der Waals surface area contributed by atoms with Gasteiger partial charge in [0, 0.05) is 25.2 Å². The Morgan fingerprint density at radius 3 is 2.40 bits per heavy atom. The van der Waals surface area contributed by atoms with Gasteiger partial charge in [-0.05, 0) is 52.0 Å². The summed E-state index contributed by atoms with van der Waals surface area (Å²) in [4.78, 5) is 27.6. The van der Waals surface area contributed by atoms with Gasteiger partial charge in [-0.2, -0.15) is 0 Å². The van der Waals surface area contributed by atoms with Gasteiger partial charge in [0.2, 0.25) is 0 Å². The van der Waals surface area contributed by atoms with Crippen LogP contribution in [-0.4, -0.2) is 29.6 Å². The highest BCUT2D eigenvalue weighted by Gasteiger charge is 2.32. The lowest BCUT2D eigenvalue weighted by Crippen LogP contribution is -2.39. The van der Waals surface area contributed by atoms with E-state index in [1.165, 1.54) is 0 Å². The molecule has 158 valence electrons. The van der Waals surface area contributed by atoms with Crippen molar-refractivity contribution in [2.75, 3.05) is 18.1 Å². The fraction of sp³-hybridized carbons (Fsp3) is 0.375. The number of carbonyl (C=O) groups excluding carboxylic acids is 2. The van der Waals surface area contributed by atoms with Crippen LogP contribution in [0.15, 0.2) is 48.5 Å². The third-order valence-electron chi connectivity index (χ3n) is 5.49. The maximum absolute atomic E-state index is 13.5. The number of anilines is 1. The van der Waals surface area contributed by atoms with Crippen LogP contribution in [0.4, 0.5) is 5.69 Å². The van der Waals surface area contributed by atoms with Crippen molar-refractivity contribution in [3.63, 3.8) is 0 Å². The molecule has 2 aromatic carbocycles. The van der Waals surface area contributed by atoms with Crippen molar-refractivity contribution in [3.8, 4) is 0 Å². The smallest absolute Gasteiger partial charge is 0.338 e. The molecule has 1 heterocycles. The summed E-state index contributed by atoms with van der Waals surface area (Å²) in [5.74, 6) is 0.623. The SMILES string of the molecule is CCOC(=O)c1ccc2c(c1)n([C@@H](C)C(=O)N(CC)c1ccccc1)c(C)[n+]2CC. The maximum Gasteiger partial charge on any atom is 0.338 e. The number of imidazole rings is 1. The highest BCUT2D eigenvalue weighted by atomic mass is 16.5. The number of aromatic nitrogens is 2. The number of benzene rings is 2. The van der Waals surface area contributed by atoms with E-state index in [0.717, 1.165) is 29.1 Å². The Labute approximate surface area is 177 Å². The average Bonchev–Trinajstić information content (AvgIpc) is 3.04. The first kappa shape index (κ1) is 21.6. The number of likely N-dealkylation sites (N-methyl/N-ethyl adjacent to an activating group) is 1. The van der Waals surface area contributed by atoms with Crippen molar-refractivity contribution in [2.24, 2.45) is 0 Å². The molecular weight excluding hydrogens is 378 g/mol. The fourth-order valence-electron chi connectivity index (χ4n) is 4.06. The summed E-state index contributed by atoms with van der Waals surface area (Å²) in [5, 5.41) is 0. The molecule has 3 rings (SSSR count). The number of nitrogens with zero attached hydrogens (tertiary/aromatic N) is 3. The van der Waals surface area contributed by atoms with Crippen LogP contribution in [0.5, 0.6) is 0 Å². The topological polar surface area (TPSA) is 55.4 Å². The molecule has 0 aliphatic heterocycles. The number of carbonyl (C=O) groups is 2. The number of fused-ring (bicyclic) bond motifs is 1. The maximum atomic E-state index is 13.5. The number of hydrogen-bond acceptors (Lipinski definition) is 3. The molecule has 0 saturated heterocycles. The molecule has 0 spiro atoms. The third kappa shape index (κ3) is 3.82. The number of aryl methyl sites for hydroxylation is 1. The fourth-order valence-corrected chi connectivity index (χ4v) is 4.06. The summed E-state index contributed by atoms with van der Waals surface area (Å²) in [5.41, 5.74) is 3.21. The van der Waals surface area contributed by atoms with E-state index < -0.39 is 6.04 Å². The van der Waals surface area contributed by atoms with Crippen LogP contribution >= 0.6 is 0 Å². The van der Waals surface area contributed by atoms with E-state index in [9.17, 15) is 9.59 Å². The van der Waals surface area contributed by atoms with Crippen LogP contribution in [0.1, 0.15) is 49.9 Å². The van der Waals surface area contributed by atoms with Crippen molar-refractivity contribution in [2.45, 2.75) is 47.2 Å². The number of rotatable bonds is 7. The molecule has 0 bridgehead atoms. The van der Waals surface area contributed by atoms with Crippen molar-refractivity contribution < 1.29 is 18.9 Å². The minimum absolute atomic E-state index is 0.00786. The van der Waals surface area contributed by atoms with Gasteiger partial charge in [0.1, 0.15) is 0 Å². The van der Waals surface area contributed by atoms with Gasteiger partial charge in [0.25, 0.3) is 11.7 Å². The number of amides is 1. The molecule has 3 aromatic rings. The van der Waals surface area contributed by atoms with Crippen LogP contribution in [0, 0.1) is 6.92 Å². The summed E-state index contributed by atoms with van der Waals surface area (Å²) in [6.07, 6.45) is 0. The van der Waals surface area contributed by atoms with Gasteiger partial charge in [-0.25, -0.2) is 13.9 Å². The van der Waals surface area contributed by atoms with Gasteiger partial charge in [0.15, 0.2) is 17.1 Å². The average molecular weight is 409 g/mol. The quantitative estimate of drug-likeness (QED) is 0.438. The molecule has 0 unspecified atom stereocenters. The van der Waals surface area contributed by atoms with E-state index in [4.69, 9.17) is 4.74 Å². The first-order valence-electron chi connectivity index (χ1n) is 10.5. The van der Waals surface area contributed by atoms with E-state index in [1.807, 2.05) is 67.8 Å². The minimum atomic E-state index is -0.432. The predicted octanol–water partition coefficient (Wildman–Crippen LogP) is 4.05. The van der Waals surface area contributed by atoms with Crippen LogP contribution in [-0.2, 0) is 16.1 Å². The molecule has 1 atom stereocenters. The number of esters is 1. The molecule has 0 N–H and O–H groups in total. The Kier molecular flexibility index (Phi) is 6.55. The Hall–Kier alpha value is -3.15. The molecule has 0 aliphatic carbocycles. The summed E-state index contributed by atoms with van der Waals surface area (Å²) in [6.45, 7) is 11.4. The van der Waals surface area contributed by atoms with Gasteiger partial charge in [-0.3, -0.25) is 4.79 Å². The summed E-state index contributed by atoms with van der Waals surface area (Å²) >= 11 is 0. The molecule has 0 fully saturated rings. The highest BCUT2D eigenvalue weighted by molar-refractivity contribution is 5.97. The predicted molar refractivity (Wildman–Crippen MR) is 118 cm³/mol. The normalized spacial score (nSPS) is 12.0. The Bertz CT molecular complexity index is 1060. The zero-order chi connectivity index (χ0) is 21.8. The first-order valence-corrected chi connectivity index (χ1v) is 10.5. The van der Waals surface area contributed by atoms with Crippen LogP contribution in [0.2, 0.25) is 0 Å². The second kappa shape index (κ2) is 9.11. The molecule has 0 radical (unpaired) electrons. The number of para-hydroxylation sites is 1. The van der Waals surface area contributed by atoms with Crippen molar-refractivity contribution in [1.29, 1.82) is 0 Å². The summed E-state index contributed by atoms with van der Waals surface area (Å²) in [6, 6.07) is 14.8. The van der Waals surface area contributed by atoms with Gasteiger partial charge in [-0.15, -0.1) is 0 Å². The Morgan fingerprint density at radius 1 is 1.10 bits per heavy atom. The molecule has 1 aromatic heterocycles. The Morgan fingerprint density at radius 2 is 1.80 bits per heavy atom. The van der Waals surface area contributed by atoms with Gasteiger partial charge in [-0.1, -0.05) is 18.2 Å². The molecule has 6 heteroatoms. The molecule has 0 aliphatic rings. The van der Waals surface area contributed by atoms with Crippen molar-refractivity contribution in [3.05, 3.63) is 59.9 Å². The van der Waals surface area contributed by atoms with Gasteiger partial charge >= 0.3 is 5.97 Å². The Balaban J connectivity index is 2.10. The van der Waals surface area contributed by atoms with Gasteiger partial charge in [0.05, 0.1) is 18.7 Å². The minimum Gasteiger partial charge on any atom is -0.462 e. The number of hydrogen-bond donors (Lipinski definition) is 0. The van der Waals surface area contributed by atoms with E-state index in [1.54, 1.807) is 17.9 Å². The zero-order valence-electron chi connectivity index (χ0n) is 18.4. The van der Waals surface area contributed by atoms with Crippen molar-refractivity contribution in [1.82, 2.24) is 4.57 Å². The van der Waals surface area contributed by atoms with E-state index in [-0.39, 0.29) is 11.9 Å². The molecule has 30 heavy (non-hydrogen) atoms. The van der Waals surface area contributed by atoms with E-state index >= 15 is 0 Å². The van der Waals surface area contributed by atoms with Crippen LogP contribution < -0.4 is 9.47 Å². The molecule has 0 saturated carbocycles. The largest absolute Gasteiger partial charge is 0.462 e.